The number of halogens is 1. The highest BCUT2D eigenvalue weighted by atomic mass is 35.5. The van der Waals surface area contributed by atoms with Crippen LogP contribution in [0, 0.1) is 0 Å². The smallest absolute Gasteiger partial charge is 0.224 e. The molecule has 0 unspecified atom stereocenters. The highest BCUT2D eigenvalue weighted by Crippen LogP contribution is 2.31. The molecule has 1 N–H and O–H groups in total. The Labute approximate surface area is 153 Å². The second kappa shape index (κ2) is 7.36. The quantitative estimate of drug-likeness (QED) is 0.884. The Morgan fingerprint density at radius 1 is 1.12 bits per heavy atom. The van der Waals surface area contributed by atoms with Crippen LogP contribution in [0.5, 0.6) is 11.5 Å². The van der Waals surface area contributed by atoms with E-state index in [0.29, 0.717) is 37.0 Å². The summed E-state index contributed by atoms with van der Waals surface area (Å²) in [5.74, 6) is 1.42. The van der Waals surface area contributed by atoms with E-state index < -0.39 is 0 Å². The van der Waals surface area contributed by atoms with Crippen molar-refractivity contribution in [3.8, 4) is 11.5 Å². The summed E-state index contributed by atoms with van der Waals surface area (Å²) >= 11 is 6.07. The van der Waals surface area contributed by atoms with Crippen molar-refractivity contribution < 1.29 is 14.3 Å². The van der Waals surface area contributed by atoms with E-state index in [2.05, 4.69) is 19.2 Å². The number of fused-ring (bicyclic) bond motifs is 1. The van der Waals surface area contributed by atoms with Gasteiger partial charge in [-0.3, -0.25) is 4.79 Å². The fraction of sp³-hybridized carbons (Fsp3) is 0.350. The van der Waals surface area contributed by atoms with Crippen molar-refractivity contribution in [3.05, 3.63) is 58.6 Å². The van der Waals surface area contributed by atoms with E-state index in [9.17, 15) is 4.79 Å². The molecule has 0 aromatic heterocycles. The molecule has 0 radical (unpaired) electrons. The Kier molecular flexibility index (Phi) is 5.19. The van der Waals surface area contributed by atoms with Gasteiger partial charge in [0, 0.05) is 17.0 Å². The first-order valence-corrected chi connectivity index (χ1v) is 8.73. The third-order valence-corrected chi connectivity index (χ3v) is 4.54. The third kappa shape index (κ3) is 4.45. The molecule has 1 aliphatic rings. The van der Waals surface area contributed by atoms with Gasteiger partial charge in [0.25, 0.3) is 0 Å². The van der Waals surface area contributed by atoms with Gasteiger partial charge in [0.15, 0.2) is 11.5 Å². The zero-order valence-corrected chi connectivity index (χ0v) is 15.2. The van der Waals surface area contributed by atoms with Gasteiger partial charge in [-0.15, -0.1) is 0 Å². The zero-order chi connectivity index (χ0) is 17.9. The number of carbonyl (C=O) groups is 1. The lowest BCUT2D eigenvalue weighted by atomic mass is 9.84. The molecule has 0 aliphatic carbocycles. The summed E-state index contributed by atoms with van der Waals surface area (Å²) in [5, 5.41) is 3.72. The molecule has 0 fully saturated rings. The van der Waals surface area contributed by atoms with E-state index in [4.69, 9.17) is 21.1 Å². The van der Waals surface area contributed by atoms with Crippen molar-refractivity contribution >= 4 is 17.5 Å². The van der Waals surface area contributed by atoms with Crippen molar-refractivity contribution in [2.75, 3.05) is 19.8 Å². The van der Waals surface area contributed by atoms with Crippen LogP contribution in [0.4, 0.5) is 0 Å². The van der Waals surface area contributed by atoms with Crippen LogP contribution in [0.1, 0.15) is 25.0 Å². The van der Waals surface area contributed by atoms with Crippen LogP contribution in [-0.4, -0.2) is 25.7 Å². The van der Waals surface area contributed by atoms with Gasteiger partial charge < -0.3 is 14.8 Å². The maximum Gasteiger partial charge on any atom is 0.224 e. The molecule has 1 aliphatic heterocycles. The summed E-state index contributed by atoms with van der Waals surface area (Å²) in [6.07, 6.45) is 0.308. The molecule has 0 saturated heterocycles. The maximum absolute atomic E-state index is 12.3. The van der Waals surface area contributed by atoms with Gasteiger partial charge in [0.1, 0.15) is 13.2 Å². The first-order chi connectivity index (χ1) is 11.9. The number of hydrogen-bond acceptors (Lipinski definition) is 3. The van der Waals surface area contributed by atoms with Crippen LogP contribution in [0.2, 0.25) is 5.02 Å². The molecule has 25 heavy (non-hydrogen) atoms. The van der Waals surface area contributed by atoms with E-state index >= 15 is 0 Å². The predicted molar refractivity (Wildman–Crippen MR) is 98.6 cm³/mol. The molecule has 132 valence electrons. The molecule has 0 spiro atoms. The maximum atomic E-state index is 12.3. The highest BCUT2D eigenvalue weighted by Gasteiger charge is 2.22. The molecular weight excluding hydrogens is 338 g/mol. The first kappa shape index (κ1) is 17.6. The van der Waals surface area contributed by atoms with Crippen molar-refractivity contribution in [3.63, 3.8) is 0 Å². The van der Waals surface area contributed by atoms with Crippen molar-refractivity contribution in [2.24, 2.45) is 0 Å². The van der Waals surface area contributed by atoms with E-state index in [-0.39, 0.29) is 11.3 Å². The number of hydrogen-bond donors (Lipinski definition) is 1. The van der Waals surface area contributed by atoms with Crippen LogP contribution >= 0.6 is 11.6 Å². The predicted octanol–water partition coefficient (Wildman–Crippen LogP) is 3.75. The Morgan fingerprint density at radius 2 is 1.88 bits per heavy atom. The fourth-order valence-electron chi connectivity index (χ4n) is 2.78. The third-order valence-electron chi connectivity index (χ3n) is 4.30. The Bertz CT molecular complexity index is 773. The van der Waals surface area contributed by atoms with Crippen molar-refractivity contribution in [1.82, 2.24) is 5.32 Å². The molecule has 0 atom stereocenters. The summed E-state index contributed by atoms with van der Waals surface area (Å²) in [7, 11) is 0. The topological polar surface area (TPSA) is 47.6 Å². The Hall–Kier alpha value is -2.20. The van der Waals surface area contributed by atoms with Crippen LogP contribution in [-0.2, 0) is 16.6 Å². The fourth-order valence-corrected chi connectivity index (χ4v) is 2.97. The van der Waals surface area contributed by atoms with Crippen LogP contribution in [0.15, 0.2) is 42.5 Å². The molecule has 1 heterocycles. The van der Waals surface area contributed by atoms with E-state index in [1.54, 1.807) is 0 Å². The Balaban J connectivity index is 1.59. The minimum Gasteiger partial charge on any atom is -0.486 e. The average Bonchev–Trinajstić information content (AvgIpc) is 2.60. The molecule has 0 saturated carbocycles. The lowest BCUT2D eigenvalue weighted by molar-refractivity contribution is -0.120. The van der Waals surface area contributed by atoms with Crippen molar-refractivity contribution in [2.45, 2.75) is 25.7 Å². The SMILES string of the molecule is CC(C)(CNC(=O)Cc1ccc2c(c1)OCCO2)c1cccc(Cl)c1. The van der Waals surface area contributed by atoms with Gasteiger partial charge in [-0.1, -0.05) is 43.6 Å². The number of nitrogens with one attached hydrogen (secondary N) is 1. The molecule has 0 bridgehead atoms. The number of carbonyl (C=O) groups excluding carboxylic acids is 1. The minimum atomic E-state index is -0.201. The summed E-state index contributed by atoms with van der Waals surface area (Å²) in [6.45, 7) is 5.81. The van der Waals surface area contributed by atoms with E-state index in [0.717, 1.165) is 16.9 Å². The molecule has 5 heteroatoms. The molecule has 1 amide bonds. The minimum absolute atomic E-state index is 0.0215. The lowest BCUT2D eigenvalue weighted by Gasteiger charge is -2.26. The largest absolute Gasteiger partial charge is 0.486 e. The number of amides is 1. The van der Waals surface area contributed by atoms with Crippen LogP contribution in [0.25, 0.3) is 0 Å². The molecule has 4 nitrogen and oxygen atoms in total. The van der Waals surface area contributed by atoms with Crippen molar-refractivity contribution in [1.29, 1.82) is 0 Å². The average molecular weight is 360 g/mol. The summed E-state index contributed by atoms with van der Waals surface area (Å²) in [5.41, 5.74) is 1.80. The number of ether oxygens (including phenoxy) is 2. The second-order valence-corrected chi connectivity index (χ2v) is 7.26. The van der Waals surface area contributed by atoms with Gasteiger partial charge in [-0.05, 0) is 35.4 Å². The lowest BCUT2D eigenvalue weighted by Crippen LogP contribution is -2.37. The normalized spacial score (nSPS) is 13.4. The number of rotatable bonds is 5. The first-order valence-electron chi connectivity index (χ1n) is 8.35. The summed E-state index contributed by atoms with van der Waals surface area (Å²) in [6, 6.07) is 13.4. The molecule has 2 aromatic rings. The van der Waals surface area contributed by atoms with Crippen LogP contribution < -0.4 is 14.8 Å². The second-order valence-electron chi connectivity index (χ2n) is 6.83. The van der Waals surface area contributed by atoms with Gasteiger partial charge in [0.05, 0.1) is 6.42 Å². The summed E-state index contributed by atoms with van der Waals surface area (Å²) < 4.78 is 11.1. The van der Waals surface area contributed by atoms with Gasteiger partial charge in [-0.2, -0.15) is 0 Å². The van der Waals surface area contributed by atoms with E-state index in [1.807, 2.05) is 42.5 Å². The van der Waals surface area contributed by atoms with E-state index in [1.165, 1.54) is 0 Å². The van der Waals surface area contributed by atoms with Crippen LogP contribution in [0.3, 0.4) is 0 Å². The number of benzene rings is 2. The summed E-state index contributed by atoms with van der Waals surface area (Å²) in [4.78, 5) is 12.3. The highest BCUT2D eigenvalue weighted by molar-refractivity contribution is 6.30. The zero-order valence-electron chi connectivity index (χ0n) is 14.5. The molecule has 3 rings (SSSR count). The van der Waals surface area contributed by atoms with Gasteiger partial charge in [-0.25, -0.2) is 0 Å². The van der Waals surface area contributed by atoms with Gasteiger partial charge >= 0.3 is 0 Å². The molecule has 2 aromatic carbocycles. The molecular formula is C20H22ClNO3. The standard InChI is InChI=1S/C20H22ClNO3/c1-20(2,15-4-3-5-16(21)12-15)13-22-19(23)11-14-6-7-17-18(10-14)25-9-8-24-17/h3-7,10,12H,8-9,11,13H2,1-2H3,(H,22,23). The Morgan fingerprint density at radius 3 is 2.64 bits per heavy atom. The van der Waals surface area contributed by atoms with Gasteiger partial charge in [0.2, 0.25) is 5.91 Å². The monoisotopic (exact) mass is 359 g/mol.